The minimum Gasteiger partial charge on any atom is -0.462 e. The third-order valence-corrected chi connectivity index (χ3v) is 13.3. The quantitative estimate of drug-likeness (QED) is 0.0374. The lowest BCUT2D eigenvalue weighted by Gasteiger charge is -2.15. The molecule has 0 aromatic carbocycles. The van der Waals surface area contributed by atoms with Crippen molar-refractivity contribution in [2.75, 3.05) is 13.2 Å². The molecule has 5 heteroatoms. The van der Waals surface area contributed by atoms with Crippen LogP contribution in [0.25, 0.3) is 0 Å². The zero-order valence-corrected chi connectivity index (χ0v) is 45.4. The van der Waals surface area contributed by atoms with Gasteiger partial charge in [0.15, 0.2) is 6.10 Å². The first-order valence-electron chi connectivity index (χ1n) is 29.8. The van der Waals surface area contributed by atoms with E-state index in [2.05, 4.69) is 74.6 Å². The summed E-state index contributed by atoms with van der Waals surface area (Å²) in [4.78, 5) is 24.5. The minimum absolute atomic E-state index is 0.0659. The number of ether oxygens (including phenoxy) is 2. The van der Waals surface area contributed by atoms with Crippen LogP contribution in [0, 0.1) is 0 Å². The van der Waals surface area contributed by atoms with Gasteiger partial charge in [-0.1, -0.05) is 280 Å². The topological polar surface area (TPSA) is 72.8 Å². The number of esters is 2. The summed E-state index contributed by atoms with van der Waals surface area (Å²) in [6.45, 7) is 4.06. The third kappa shape index (κ3) is 56.2. The van der Waals surface area contributed by atoms with Crippen LogP contribution in [-0.2, 0) is 19.1 Å². The molecule has 1 N–H and O–H groups in total. The first-order chi connectivity index (χ1) is 33.6. The third-order valence-electron chi connectivity index (χ3n) is 13.3. The predicted octanol–water partition coefficient (Wildman–Crippen LogP) is 20.2. The molecular weight excluding hydrogens is 837 g/mol. The Morgan fingerprint density at radius 1 is 0.353 bits per heavy atom. The van der Waals surface area contributed by atoms with Crippen LogP contribution in [0.15, 0.2) is 60.8 Å². The summed E-state index contributed by atoms with van der Waals surface area (Å²) in [7, 11) is 0. The van der Waals surface area contributed by atoms with Crippen molar-refractivity contribution >= 4 is 11.9 Å². The van der Waals surface area contributed by atoms with Crippen molar-refractivity contribution in [3.8, 4) is 0 Å². The molecule has 0 amide bonds. The van der Waals surface area contributed by atoms with Crippen LogP contribution in [0.3, 0.4) is 0 Å². The average Bonchev–Trinajstić information content (AvgIpc) is 3.34. The van der Waals surface area contributed by atoms with E-state index in [9.17, 15) is 14.7 Å². The second-order valence-corrected chi connectivity index (χ2v) is 20.0. The summed E-state index contributed by atoms with van der Waals surface area (Å²) in [6.07, 6.45) is 79.3. The summed E-state index contributed by atoms with van der Waals surface area (Å²) in [5, 5.41) is 9.66. The second-order valence-electron chi connectivity index (χ2n) is 20.0. The Morgan fingerprint density at radius 2 is 0.632 bits per heavy atom. The van der Waals surface area contributed by atoms with Crippen molar-refractivity contribution in [2.45, 2.75) is 315 Å². The smallest absolute Gasteiger partial charge is 0.306 e. The molecule has 5 nitrogen and oxygen atoms in total. The van der Waals surface area contributed by atoms with Gasteiger partial charge in [0.1, 0.15) is 6.61 Å². The Bertz CT molecular complexity index is 1170. The predicted molar refractivity (Wildman–Crippen MR) is 297 cm³/mol. The second kappa shape index (κ2) is 58.9. The summed E-state index contributed by atoms with van der Waals surface area (Å²) >= 11 is 0. The molecule has 68 heavy (non-hydrogen) atoms. The molecule has 0 aliphatic heterocycles. The molecule has 0 aliphatic carbocycles. The highest BCUT2D eigenvalue weighted by Gasteiger charge is 2.16. The van der Waals surface area contributed by atoms with Gasteiger partial charge in [-0.25, -0.2) is 0 Å². The minimum atomic E-state index is -0.776. The first-order valence-corrected chi connectivity index (χ1v) is 29.8. The van der Waals surface area contributed by atoms with Crippen LogP contribution < -0.4 is 0 Å². The van der Waals surface area contributed by atoms with Crippen LogP contribution in [0.1, 0.15) is 309 Å². The van der Waals surface area contributed by atoms with Gasteiger partial charge in [0.25, 0.3) is 0 Å². The van der Waals surface area contributed by atoms with Crippen molar-refractivity contribution < 1.29 is 24.2 Å². The van der Waals surface area contributed by atoms with E-state index in [0.717, 1.165) is 64.2 Å². The molecule has 396 valence electrons. The Labute approximate surface area is 423 Å². The number of carbonyl (C=O) groups is 2. The van der Waals surface area contributed by atoms with E-state index in [0.29, 0.717) is 12.8 Å². The van der Waals surface area contributed by atoms with E-state index in [4.69, 9.17) is 9.47 Å². The lowest BCUT2D eigenvalue weighted by atomic mass is 10.0. The maximum absolute atomic E-state index is 12.3. The Hall–Kier alpha value is -2.40. The van der Waals surface area contributed by atoms with Crippen LogP contribution in [0.5, 0.6) is 0 Å². The summed E-state index contributed by atoms with van der Waals surface area (Å²) < 4.78 is 10.7. The molecule has 0 radical (unpaired) electrons. The lowest BCUT2D eigenvalue weighted by Crippen LogP contribution is -2.28. The zero-order chi connectivity index (χ0) is 49.2. The van der Waals surface area contributed by atoms with Crippen LogP contribution in [0.4, 0.5) is 0 Å². The van der Waals surface area contributed by atoms with Gasteiger partial charge in [0.2, 0.25) is 0 Å². The average molecular weight is 952 g/mol. The molecule has 0 fully saturated rings. The first kappa shape index (κ1) is 65.6. The van der Waals surface area contributed by atoms with Crippen molar-refractivity contribution in [1.29, 1.82) is 0 Å². The van der Waals surface area contributed by atoms with E-state index in [1.807, 2.05) is 0 Å². The van der Waals surface area contributed by atoms with Crippen molar-refractivity contribution in [3.05, 3.63) is 60.8 Å². The monoisotopic (exact) mass is 951 g/mol. The fraction of sp³-hybridized carbons (Fsp3) is 0.810. The summed E-state index contributed by atoms with van der Waals surface area (Å²) in [5.41, 5.74) is 0. The fourth-order valence-corrected chi connectivity index (χ4v) is 8.84. The van der Waals surface area contributed by atoms with Gasteiger partial charge in [-0.05, 0) is 77.0 Å². The van der Waals surface area contributed by atoms with Crippen molar-refractivity contribution in [3.63, 3.8) is 0 Å². The number of aliphatic hydroxyl groups is 1. The Balaban J connectivity index is 3.44. The fourth-order valence-electron chi connectivity index (χ4n) is 8.84. The van der Waals surface area contributed by atoms with Gasteiger partial charge in [0.05, 0.1) is 6.61 Å². The molecule has 0 saturated heterocycles. The molecule has 0 aromatic rings. The highest BCUT2D eigenvalue weighted by molar-refractivity contribution is 5.70. The maximum atomic E-state index is 12.3. The van der Waals surface area contributed by atoms with Gasteiger partial charge >= 0.3 is 11.9 Å². The van der Waals surface area contributed by atoms with Gasteiger partial charge in [0, 0.05) is 12.8 Å². The highest BCUT2D eigenvalue weighted by Crippen LogP contribution is 2.17. The standard InChI is InChI=1S/C63H114O5/c1-3-5-7-9-11-13-15-17-19-21-23-25-27-28-29-30-31-32-33-34-36-37-39-41-43-45-47-49-51-53-55-57-62(65)67-60-61(59-64)68-63(66)58-56-54-52-50-48-46-44-42-40-38-35-26-24-22-20-18-16-14-12-10-8-6-4-2/h6,8,12,14,18,20-21,23-24,26,61,64H,3-5,7,9-11,13,15-17,19,22,25,27-60H2,1-2H3/b8-6-,14-12-,20-18-,23-21-,26-24-. The number of hydrogen-bond donors (Lipinski definition) is 1. The molecule has 1 atom stereocenters. The molecule has 0 spiro atoms. The normalized spacial score (nSPS) is 12.6. The molecule has 0 rings (SSSR count). The number of carbonyl (C=O) groups excluding carboxylic acids is 2. The highest BCUT2D eigenvalue weighted by atomic mass is 16.6. The number of aliphatic hydroxyl groups excluding tert-OH is 1. The summed E-state index contributed by atoms with van der Waals surface area (Å²) in [5.74, 6) is -0.583. The Kier molecular flexibility index (Phi) is 56.8. The molecule has 0 saturated carbocycles. The number of unbranched alkanes of at least 4 members (excludes halogenated alkanes) is 37. The summed E-state index contributed by atoms with van der Waals surface area (Å²) in [6, 6.07) is 0. The SMILES string of the molecule is CC/C=C\C/C=C\C/C=C\C/C=C\CCCCCCCCCCCCC(=O)OC(CO)COC(=O)CCCCCCCCCCCCCCCCCCCCC/C=C\CCCCCCCCCC. The maximum Gasteiger partial charge on any atom is 0.306 e. The van der Waals surface area contributed by atoms with Gasteiger partial charge in [-0.15, -0.1) is 0 Å². The lowest BCUT2D eigenvalue weighted by molar-refractivity contribution is -0.161. The number of rotatable bonds is 55. The van der Waals surface area contributed by atoms with Gasteiger partial charge < -0.3 is 14.6 Å². The van der Waals surface area contributed by atoms with Crippen molar-refractivity contribution in [2.24, 2.45) is 0 Å². The van der Waals surface area contributed by atoms with E-state index in [1.165, 1.54) is 218 Å². The van der Waals surface area contributed by atoms with Crippen molar-refractivity contribution in [1.82, 2.24) is 0 Å². The largest absolute Gasteiger partial charge is 0.462 e. The Morgan fingerprint density at radius 3 is 0.971 bits per heavy atom. The van der Waals surface area contributed by atoms with Gasteiger partial charge in [-0.2, -0.15) is 0 Å². The van der Waals surface area contributed by atoms with E-state index in [-0.39, 0.29) is 25.2 Å². The van der Waals surface area contributed by atoms with E-state index >= 15 is 0 Å². The molecule has 1 unspecified atom stereocenters. The van der Waals surface area contributed by atoms with Gasteiger partial charge in [-0.3, -0.25) is 9.59 Å². The molecule has 0 aromatic heterocycles. The number of allylic oxidation sites excluding steroid dienone is 10. The molecule has 0 bridgehead atoms. The van der Waals surface area contributed by atoms with Crippen LogP contribution in [0.2, 0.25) is 0 Å². The van der Waals surface area contributed by atoms with E-state index in [1.54, 1.807) is 0 Å². The zero-order valence-electron chi connectivity index (χ0n) is 45.4. The van der Waals surface area contributed by atoms with Crippen LogP contribution in [-0.4, -0.2) is 36.4 Å². The number of hydrogen-bond acceptors (Lipinski definition) is 5. The molecule has 0 heterocycles. The van der Waals surface area contributed by atoms with Crippen LogP contribution >= 0.6 is 0 Å². The molecule has 0 aliphatic rings. The molecular formula is C63H114O5. The van der Waals surface area contributed by atoms with E-state index < -0.39 is 6.10 Å².